The van der Waals surface area contributed by atoms with Crippen LogP contribution in [0.2, 0.25) is 0 Å². The summed E-state index contributed by atoms with van der Waals surface area (Å²) in [7, 11) is 5.86. The third-order valence-corrected chi connectivity index (χ3v) is 4.91. The highest BCUT2D eigenvalue weighted by atomic mass is 16.5. The van der Waals surface area contributed by atoms with E-state index >= 15 is 0 Å². The number of nitrogens with one attached hydrogen (secondary N) is 1. The lowest BCUT2D eigenvalue weighted by Crippen LogP contribution is -2.38. The summed E-state index contributed by atoms with van der Waals surface area (Å²) in [6.07, 6.45) is 0.608. The zero-order valence-electron chi connectivity index (χ0n) is 16.8. The van der Waals surface area contributed by atoms with Crippen LogP contribution >= 0.6 is 0 Å². The van der Waals surface area contributed by atoms with Gasteiger partial charge in [0.1, 0.15) is 12.3 Å². The number of fused-ring (bicyclic) bond motifs is 1. The van der Waals surface area contributed by atoms with Crippen molar-refractivity contribution in [3.05, 3.63) is 61.2 Å². The Morgan fingerprint density at radius 1 is 0.966 bits per heavy atom. The minimum atomic E-state index is -0.619. The lowest BCUT2D eigenvalue weighted by Gasteiger charge is -2.08. The van der Waals surface area contributed by atoms with Gasteiger partial charge >= 0.3 is 11.4 Å². The van der Waals surface area contributed by atoms with Crippen molar-refractivity contribution >= 4 is 17.1 Å². The molecule has 3 aromatic rings. The second-order valence-electron chi connectivity index (χ2n) is 6.75. The third-order valence-electron chi connectivity index (χ3n) is 4.91. The SMILES string of the molecule is COc1ccc(CCNC(=O)Cn2c(=O)n(C)c3c2c(=O)n(C)c(=O)n3C)cc1. The number of imidazole rings is 1. The number of carbonyl (C=O) groups is 1. The molecular formula is C19H23N5O5. The first kappa shape index (κ1) is 20.2. The molecule has 154 valence electrons. The van der Waals surface area contributed by atoms with E-state index in [-0.39, 0.29) is 17.7 Å². The van der Waals surface area contributed by atoms with Crippen LogP contribution in [0.3, 0.4) is 0 Å². The van der Waals surface area contributed by atoms with E-state index in [4.69, 9.17) is 4.74 Å². The van der Waals surface area contributed by atoms with Crippen molar-refractivity contribution in [2.75, 3.05) is 13.7 Å². The summed E-state index contributed by atoms with van der Waals surface area (Å²) in [4.78, 5) is 49.6. The Labute approximate surface area is 165 Å². The van der Waals surface area contributed by atoms with Gasteiger partial charge in [0.15, 0.2) is 11.2 Å². The average molecular weight is 401 g/mol. The summed E-state index contributed by atoms with van der Waals surface area (Å²) in [6.45, 7) is 0.0629. The average Bonchev–Trinajstić information content (AvgIpc) is 2.96. The van der Waals surface area contributed by atoms with E-state index in [1.165, 1.54) is 30.3 Å². The number of benzene rings is 1. The predicted molar refractivity (Wildman–Crippen MR) is 107 cm³/mol. The monoisotopic (exact) mass is 401 g/mol. The Morgan fingerprint density at radius 3 is 2.21 bits per heavy atom. The standard InChI is InChI=1S/C19H23N5O5/c1-21-16-15(17(26)23(3)18(21)27)24(19(28)22(16)2)11-14(25)20-10-9-12-5-7-13(29-4)8-6-12/h5-8H,9-11H2,1-4H3,(H,20,25). The van der Waals surface area contributed by atoms with Crippen molar-refractivity contribution in [2.45, 2.75) is 13.0 Å². The van der Waals surface area contributed by atoms with Crippen molar-refractivity contribution in [2.24, 2.45) is 21.1 Å². The molecule has 1 N–H and O–H groups in total. The first-order valence-corrected chi connectivity index (χ1v) is 9.01. The molecule has 0 atom stereocenters. The van der Waals surface area contributed by atoms with Gasteiger partial charge < -0.3 is 10.1 Å². The molecule has 0 bridgehead atoms. The minimum Gasteiger partial charge on any atom is -0.497 e. The van der Waals surface area contributed by atoms with E-state index in [1.807, 2.05) is 24.3 Å². The number of carbonyl (C=O) groups excluding carboxylic acids is 1. The first-order valence-electron chi connectivity index (χ1n) is 9.01. The lowest BCUT2D eigenvalue weighted by molar-refractivity contribution is -0.121. The zero-order chi connectivity index (χ0) is 21.3. The molecule has 10 nitrogen and oxygen atoms in total. The molecule has 1 amide bonds. The van der Waals surface area contributed by atoms with Crippen LogP contribution in [0.1, 0.15) is 5.56 Å². The van der Waals surface area contributed by atoms with Gasteiger partial charge in [0.2, 0.25) is 5.91 Å². The number of aromatic nitrogens is 4. The molecule has 3 rings (SSSR count). The number of hydrogen-bond acceptors (Lipinski definition) is 5. The topological polar surface area (TPSA) is 109 Å². The normalized spacial score (nSPS) is 11.0. The number of ether oxygens (including phenoxy) is 1. The van der Waals surface area contributed by atoms with Crippen LogP contribution in [0, 0.1) is 0 Å². The highest BCUT2D eigenvalue weighted by Gasteiger charge is 2.20. The van der Waals surface area contributed by atoms with E-state index in [0.29, 0.717) is 13.0 Å². The van der Waals surface area contributed by atoms with Gasteiger partial charge in [-0.2, -0.15) is 0 Å². The fraction of sp³-hybridized carbons (Fsp3) is 0.368. The van der Waals surface area contributed by atoms with Crippen molar-refractivity contribution in [3.63, 3.8) is 0 Å². The zero-order valence-corrected chi connectivity index (χ0v) is 16.8. The fourth-order valence-corrected chi connectivity index (χ4v) is 3.29. The number of hydrogen-bond donors (Lipinski definition) is 1. The third kappa shape index (κ3) is 3.60. The Kier molecular flexibility index (Phi) is 5.44. The van der Waals surface area contributed by atoms with Crippen LogP contribution in [-0.2, 0) is 38.9 Å². The van der Waals surface area contributed by atoms with Crippen molar-refractivity contribution in [1.29, 1.82) is 0 Å². The second kappa shape index (κ2) is 7.82. The van der Waals surface area contributed by atoms with Gasteiger partial charge in [-0.05, 0) is 24.1 Å². The van der Waals surface area contributed by atoms with Gasteiger partial charge in [-0.15, -0.1) is 0 Å². The summed E-state index contributed by atoms with van der Waals surface area (Å²) >= 11 is 0. The molecule has 29 heavy (non-hydrogen) atoms. The summed E-state index contributed by atoms with van der Waals surface area (Å²) in [5, 5.41) is 2.75. The van der Waals surface area contributed by atoms with Crippen LogP contribution in [-0.4, -0.2) is 37.8 Å². The Hall–Kier alpha value is -3.56. The summed E-state index contributed by atoms with van der Waals surface area (Å²) in [5.74, 6) is 0.355. The highest BCUT2D eigenvalue weighted by Crippen LogP contribution is 2.11. The number of nitrogens with zero attached hydrogens (tertiary/aromatic N) is 4. The first-order chi connectivity index (χ1) is 13.8. The van der Waals surface area contributed by atoms with E-state index in [0.717, 1.165) is 20.4 Å². The van der Waals surface area contributed by atoms with Gasteiger partial charge in [0, 0.05) is 27.7 Å². The fourth-order valence-electron chi connectivity index (χ4n) is 3.29. The molecule has 0 radical (unpaired) electrons. The molecule has 10 heteroatoms. The van der Waals surface area contributed by atoms with E-state index in [1.54, 1.807) is 7.11 Å². The molecule has 0 spiro atoms. The Bertz CT molecular complexity index is 1240. The smallest absolute Gasteiger partial charge is 0.332 e. The number of amides is 1. The van der Waals surface area contributed by atoms with E-state index < -0.39 is 22.8 Å². The van der Waals surface area contributed by atoms with Gasteiger partial charge in [0.05, 0.1) is 7.11 Å². The van der Waals surface area contributed by atoms with E-state index in [9.17, 15) is 19.2 Å². The summed E-state index contributed by atoms with van der Waals surface area (Å²) in [6, 6.07) is 7.49. The van der Waals surface area contributed by atoms with Crippen LogP contribution in [0.15, 0.2) is 38.6 Å². The van der Waals surface area contributed by atoms with Crippen LogP contribution in [0.5, 0.6) is 5.75 Å². The summed E-state index contributed by atoms with van der Waals surface area (Å²) < 4.78 is 9.54. The molecule has 0 saturated carbocycles. The number of rotatable bonds is 6. The minimum absolute atomic E-state index is 0.0207. The molecule has 2 heterocycles. The Balaban J connectivity index is 1.80. The molecule has 0 aliphatic heterocycles. The quantitative estimate of drug-likeness (QED) is 0.576. The molecule has 0 aliphatic rings. The Morgan fingerprint density at radius 2 is 1.59 bits per heavy atom. The van der Waals surface area contributed by atoms with Gasteiger partial charge in [-0.3, -0.25) is 27.9 Å². The van der Waals surface area contributed by atoms with Gasteiger partial charge in [-0.25, -0.2) is 9.59 Å². The number of methoxy groups -OCH3 is 1. The van der Waals surface area contributed by atoms with Crippen LogP contribution in [0.25, 0.3) is 11.2 Å². The highest BCUT2D eigenvalue weighted by molar-refractivity contribution is 5.79. The molecule has 0 unspecified atom stereocenters. The van der Waals surface area contributed by atoms with Crippen LogP contribution in [0.4, 0.5) is 0 Å². The molecule has 1 aromatic carbocycles. The van der Waals surface area contributed by atoms with Gasteiger partial charge in [-0.1, -0.05) is 12.1 Å². The maximum Gasteiger partial charge on any atom is 0.332 e. The summed E-state index contributed by atoms with van der Waals surface area (Å²) in [5.41, 5.74) is -0.478. The van der Waals surface area contributed by atoms with Gasteiger partial charge in [0.25, 0.3) is 5.56 Å². The molecule has 0 fully saturated rings. The predicted octanol–water partition coefficient (Wildman–Crippen LogP) is -0.895. The lowest BCUT2D eigenvalue weighted by atomic mass is 10.1. The second-order valence-corrected chi connectivity index (χ2v) is 6.75. The van der Waals surface area contributed by atoms with Crippen LogP contribution < -0.4 is 27.0 Å². The largest absolute Gasteiger partial charge is 0.497 e. The maximum atomic E-state index is 12.6. The van der Waals surface area contributed by atoms with E-state index in [2.05, 4.69) is 5.32 Å². The molecule has 0 aliphatic carbocycles. The van der Waals surface area contributed by atoms with Crippen molar-refractivity contribution in [1.82, 2.24) is 23.6 Å². The molecule has 2 aromatic heterocycles. The number of aryl methyl sites for hydroxylation is 2. The van der Waals surface area contributed by atoms with Crippen molar-refractivity contribution < 1.29 is 9.53 Å². The molecular weight excluding hydrogens is 378 g/mol. The maximum absolute atomic E-state index is 12.6. The molecule has 0 saturated heterocycles. The van der Waals surface area contributed by atoms with Crippen molar-refractivity contribution in [3.8, 4) is 5.75 Å².